The fraction of sp³-hybridized carbons (Fsp3) is 0.333. The van der Waals surface area contributed by atoms with Crippen LogP contribution in [0, 0.1) is 0 Å². The van der Waals surface area contributed by atoms with Crippen molar-refractivity contribution in [3.63, 3.8) is 0 Å². The smallest absolute Gasteiger partial charge is 0.251 e. The zero-order chi connectivity index (χ0) is 29.8. The lowest BCUT2D eigenvalue weighted by Crippen LogP contribution is -2.53. The van der Waals surface area contributed by atoms with Crippen LogP contribution >= 0.6 is 0 Å². The van der Waals surface area contributed by atoms with Gasteiger partial charge in [0.25, 0.3) is 5.91 Å². The summed E-state index contributed by atoms with van der Waals surface area (Å²) in [5, 5.41) is 11.2. The SMILES string of the molecule is C[C@@H](CNC(=O)c1cccc(-c2ccccc2)c1)NC(=O)[C@H](CC(=O)NC(C)(C)C)NC(=O)CCc1ccccc1. The van der Waals surface area contributed by atoms with E-state index in [0.29, 0.717) is 12.0 Å². The minimum atomic E-state index is -1.05. The topological polar surface area (TPSA) is 116 Å². The summed E-state index contributed by atoms with van der Waals surface area (Å²) in [7, 11) is 0. The summed E-state index contributed by atoms with van der Waals surface area (Å²) in [4.78, 5) is 51.3. The summed E-state index contributed by atoms with van der Waals surface area (Å²) in [6.07, 6.45) is 0.497. The summed E-state index contributed by atoms with van der Waals surface area (Å²) in [5.41, 5.74) is 2.97. The van der Waals surface area contributed by atoms with E-state index in [2.05, 4.69) is 21.3 Å². The lowest BCUT2D eigenvalue weighted by molar-refractivity contribution is -0.132. The van der Waals surface area contributed by atoms with Crippen LogP contribution in [0.15, 0.2) is 84.9 Å². The first kappa shape index (κ1) is 31.1. The second kappa shape index (κ2) is 14.8. The summed E-state index contributed by atoms with van der Waals surface area (Å²) < 4.78 is 0. The van der Waals surface area contributed by atoms with E-state index < -0.39 is 23.5 Å². The molecular weight excluding hydrogens is 516 g/mol. The highest BCUT2D eigenvalue weighted by Crippen LogP contribution is 2.20. The minimum absolute atomic E-state index is 0.170. The van der Waals surface area contributed by atoms with Gasteiger partial charge in [0.05, 0.1) is 6.42 Å². The number of hydrogen-bond acceptors (Lipinski definition) is 4. The zero-order valence-electron chi connectivity index (χ0n) is 24.2. The van der Waals surface area contributed by atoms with Crippen molar-refractivity contribution < 1.29 is 19.2 Å². The van der Waals surface area contributed by atoms with Crippen molar-refractivity contribution in [2.24, 2.45) is 0 Å². The molecule has 3 rings (SSSR count). The van der Waals surface area contributed by atoms with Gasteiger partial charge in [0.1, 0.15) is 6.04 Å². The lowest BCUT2D eigenvalue weighted by Gasteiger charge is -2.24. The van der Waals surface area contributed by atoms with Crippen molar-refractivity contribution in [1.82, 2.24) is 21.3 Å². The quantitative estimate of drug-likeness (QED) is 0.270. The first-order valence-corrected chi connectivity index (χ1v) is 13.9. The molecule has 4 N–H and O–H groups in total. The van der Waals surface area contributed by atoms with Crippen molar-refractivity contribution >= 4 is 23.6 Å². The maximum atomic E-state index is 13.2. The molecule has 0 saturated heterocycles. The Kier molecular flexibility index (Phi) is 11.2. The number of carbonyl (C=O) groups is 4. The van der Waals surface area contributed by atoms with E-state index in [1.165, 1.54) is 0 Å². The van der Waals surface area contributed by atoms with E-state index in [1.807, 2.05) is 99.6 Å². The van der Waals surface area contributed by atoms with Crippen LogP contribution in [-0.2, 0) is 20.8 Å². The van der Waals surface area contributed by atoms with Crippen molar-refractivity contribution in [2.75, 3.05) is 6.54 Å². The van der Waals surface area contributed by atoms with Gasteiger partial charge in [0.15, 0.2) is 0 Å². The Bertz CT molecular complexity index is 1320. The highest BCUT2D eigenvalue weighted by atomic mass is 16.2. The maximum absolute atomic E-state index is 13.2. The maximum Gasteiger partial charge on any atom is 0.251 e. The molecule has 0 heterocycles. The van der Waals surface area contributed by atoms with E-state index >= 15 is 0 Å². The Labute approximate surface area is 242 Å². The molecule has 3 aromatic carbocycles. The molecule has 8 nitrogen and oxygen atoms in total. The standard InChI is InChI=1S/C33H40N4O4/c1-23(22-34-31(40)27-17-11-16-26(20-27)25-14-9-6-10-15-25)35-32(41)28(21-30(39)37-33(2,3)4)36-29(38)19-18-24-12-7-5-8-13-24/h5-17,20,23,28H,18-19,21-22H2,1-4H3,(H,34,40)(H,35,41)(H,36,38)(H,37,39)/t23-,28-/m0/s1. The van der Waals surface area contributed by atoms with Crippen LogP contribution in [0.3, 0.4) is 0 Å². The summed E-state index contributed by atoms with van der Waals surface area (Å²) in [5.74, 6) is -1.42. The van der Waals surface area contributed by atoms with Crippen LogP contribution in [0.25, 0.3) is 11.1 Å². The molecule has 0 spiro atoms. The molecule has 0 unspecified atom stereocenters. The molecule has 0 bridgehead atoms. The van der Waals surface area contributed by atoms with Gasteiger partial charge in [-0.1, -0.05) is 72.8 Å². The molecule has 3 aromatic rings. The third-order valence-electron chi connectivity index (χ3n) is 6.23. The highest BCUT2D eigenvalue weighted by Gasteiger charge is 2.26. The molecule has 8 heteroatoms. The predicted octanol–water partition coefficient (Wildman–Crippen LogP) is 4.01. The number of benzene rings is 3. The fourth-order valence-corrected chi connectivity index (χ4v) is 4.25. The molecule has 0 radical (unpaired) electrons. The molecule has 2 atom stereocenters. The molecule has 0 aliphatic heterocycles. The largest absolute Gasteiger partial charge is 0.351 e. The summed E-state index contributed by atoms with van der Waals surface area (Å²) >= 11 is 0. The Morgan fingerprint density at radius 2 is 1.39 bits per heavy atom. The normalized spacial score (nSPS) is 12.5. The molecule has 216 valence electrons. The van der Waals surface area contributed by atoms with Crippen LogP contribution in [0.2, 0.25) is 0 Å². The Balaban J connectivity index is 1.57. The van der Waals surface area contributed by atoms with Gasteiger partial charge in [-0.15, -0.1) is 0 Å². The van der Waals surface area contributed by atoms with E-state index in [4.69, 9.17) is 0 Å². The first-order valence-electron chi connectivity index (χ1n) is 13.9. The number of rotatable bonds is 12. The number of nitrogens with one attached hydrogen (secondary N) is 4. The Morgan fingerprint density at radius 3 is 2.05 bits per heavy atom. The van der Waals surface area contributed by atoms with E-state index in [1.54, 1.807) is 13.0 Å². The van der Waals surface area contributed by atoms with Gasteiger partial charge in [-0.05, 0) is 62.9 Å². The molecule has 4 amide bonds. The predicted molar refractivity (Wildman–Crippen MR) is 161 cm³/mol. The zero-order valence-corrected chi connectivity index (χ0v) is 24.2. The second-order valence-electron chi connectivity index (χ2n) is 11.2. The van der Waals surface area contributed by atoms with Crippen LogP contribution in [-0.4, -0.2) is 47.8 Å². The summed E-state index contributed by atoms with van der Waals surface area (Å²) in [6, 6.07) is 25.2. The monoisotopic (exact) mass is 556 g/mol. The van der Waals surface area contributed by atoms with Crippen LogP contribution < -0.4 is 21.3 Å². The van der Waals surface area contributed by atoms with Crippen LogP contribution in [0.1, 0.15) is 56.5 Å². The van der Waals surface area contributed by atoms with Crippen LogP contribution in [0.4, 0.5) is 0 Å². The number of aryl methyl sites for hydroxylation is 1. The van der Waals surface area contributed by atoms with Gasteiger partial charge in [-0.2, -0.15) is 0 Å². The molecule has 0 fully saturated rings. The van der Waals surface area contributed by atoms with Crippen molar-refractivity contribution in [3.05, 3.63) is 96.1 Å². The molecule has 0 saturated carbocycles. The Hall–Kier alpha value is -4.46. The lowest BCUT2D eigenvalue weighted by atomic mass is 10.0. The number of amides is 4. The van der Waals surface area contributed by atoms with Gasteiger partial charge in [0, 0.05) is 30.1 Å². The average Bonchev–Trinajstić information content (AvgIpc) is 2.94. The van der Waals surface area contributed by atoms with Gasteiger partial charge < -0.3 is 21.3 Å². The van der Waals surface area contributed by atoms with Gasteiger partial charge >= 0.3 is 0 Å². The fourth-order valence-electron chi connectivity index (χ4n) is 4.25. The molecule has 41 heavy (non-hydrogen) atoms. The van der Waals surface area contributed by atoms with E-state index in [0.717, 1.165) is 16.7 Å². The third-order valence-corrected chi connectivity index (χ3v) is 6.23. The second-order valence-corrected chi connectivity index (χ2v) is 11.2. The van der Waals surface area contributed by atoms with E-state index in [-0.39, 0.29) is 37.1 Å². The summed E-state index contributed by atoms with van der Waals surface area (Å²) in [6.45, 7) is 7.46. The molecule has 0 aliphatic carbocycles. The average molecular weight is 557 g/mol. The van der Waals surface area contributed by atoms with Crippen LogP contribution in [0.5, 0.6) is 0 Å². The number of hydrogen-bond donors (Lipinski definition) is 4. The minimum Gasteiger partial charge on any atom is -0.351 e. The van der Waals surface area contributed by atoms with Crippen molar-refractivity contribution in [1.29, 1.82) is 0 Å². The highest BCUT2D eigenvalue weighted by molar-refractivity contribution is 5.95. The van der Waals surface area contributed by atoms with Crippen molar-refractivity contribution in [2.45, 2.75) is 64.6 Å². The van der Waals surface area contributed by atoms with Gasteiger partial charge in [-0.3, -0.25) is 19.2 Å². The van der Waals surface area contributed by atoms with Gasteiger partial charge in [0.2, 0.25) is 17.7 Å². The van der Waals surface area contributed by atoms with Crippen molar-refractivity contribution in [3.8, 4) is 11.1 Å². The first-order chi connectivity index (χ1) is 19.5. The van der Waals surface area contributed by atoms with E-state index in [9.17, 15) is 19.2 Å². The Morgan fingerprint density at radius 1 is 0.756 bits per heavy atom. The van der Waals surface area contributed by atoms with Gasteiger partial charge in [-0.25, -0.2) is 0 Å². The number of carbonyl (C=O) groups excluding carboxylic acids is 4. The molecule has 0 aromatic heterocycles. The molecular formula is C33H40N4O4. The molecule has 0 aliphatic rings. The third kappa shape index (κ3) is 10.9.